The summed E-state index contributed by atoms with van der Waals surface area (Å²) in [5.41, 5.74) is 1.03. The van der Waals surface area contributed by atoms with Crippen molar-refractivity contribution >= 4 is 23.5 Å². The van der Waals surface area contributed by atoms with E-state index in [1.165, 1.54) is 0 Å². The number of thioether (sulfide) groups is 1. The van der Waals surface area contributed by atoms with Crippen LogP contribution >= 0.6 is 11.8 Å². The van der Waals surface area contributed by atoms with E-state index in [1.54, 1.807) is 11.8 Å². The number of hydrogen-bond acceptors (Lipinski definition) is 4. The van der Waals surface area contributed by atoms with Crippen molar-refractivity contribution in [3.8, 4) is 0 Å². The molecule has 5 nitrogen and oxygen atoms in total. The Kier molecular flexibility index (Phi) is 3.50. The van der Waals surface area contributed by atoms with Gasteiger partial charge in [0.25, 0.3) is 0 Å². The first-order valence-corrected chi connectivity index (χ1v) is 6.49. The molecule has 0 radical (unpaired) electrons. The molecule has 3 N–H and O–H groups in total. The standard InChI is InChI=1S/C10H16N4OS/c1-6(2)7-3-9(14-13-7)12-10(15)8-4-16-5-11-8/h3,6,8,11H,4-5H2,1-2H3,(H2,12,13,14,15). The molecule has 1 aromatic rings. The van der Waals surface area contributed by atoms with Crippen LogP contribution in [-0.4, -0.2) is 33.8 Å². The average molecular weight is 240 g/mol. The quantitative estimate of drug-likeness (QED) is 0.741. The molecule has 2 heterocycles. The maximum Gasteiger partial charge on any atom is 0.243 e. The maximum absolute atomic E-state index is 11.8. The van der Waals surface area contributed by atoms with E-state index in [-0.39, 0.29) is 11.9 Å². The van der Waals surface area contributed by atoms with Gasteiger partial charge in [-0.05, 0) is 5.92 Å². The van der Waals surface area contributed by atoms with Crippen LogP contribution in [0.25, 0.3) is 0 Å². The Hall–Kier alpha value is -1.01. The van der Waals surface area contributed by atoms with E-state index in [4.69, 9.17) is 0 Å². The number of aromatic amines is 1. The summed E-state index contributed by atoms with van der Waals surface area (Å²) in [6.07, 6.45) is 0. The van der Waals surface area contributed by atoms with Crippen LogP contribution in [-0.2, 0) is 4.79 Å². The van der Waals surface area contributed by atoms with Crippen molar-refractivity contribution in [2.45, 2.75) is 25.8 Å². The summed E-state index contributed by atoms with van der Waals surface area (Å²) in [6, 6.07) is 1.79. The SMILES string of the molecule is CC(C)c1cc(NC(=O)C2CSCN2)n[nH]1. The molecule has 0 aliphatic carbocycles. The van der Waals surface area contributed by atoms with Crippen molar-refractivity contribution in [1.82, 2.24) is 15.5 Å². The smallest absolute Gasteiger partial charge is 0.243 e. The third kappa shape index (κ3) is 2.56. The van der Waals surface area contributed by atoms with Gasteiger partial charge < -0.3 is 5.32 Å². The normalized spacial score (nSPS) is 20.3. The predicted molar refractivity (Wildman–Crippen MR) is 65.6 cm³/mol. The second-order valence-electron chi connectivity index (χ2n) is 4.12. The number of H-pyrrole nitrogens is 1. The monoisotopic (exact) mass is 240 g/mol. The molecule has 0 bridgehead atoms. The van der Waals surface area contributed by atoms with Crippen molar-refractivity contribution in [2.75, 3.05) is 16.9 Å². The van der Waals surface area contributed by atoms with E-state index in [2.05, 4.69) is 34.7 Å². The molecule has 1 aliphatic rings. The molecular formula is C10H16N4OS. The van der Waals surface area contributed by atoms with Gasteiger partial charge in [0.05, 0.1) is 6.04 Å². The Morgan fingerprint density at radius 3 is 3.06 bits per heavy atom. The van der Waals surface area contributed by atoms with Gasteiger partial charge in [0.15, 0.2) is 5.82 Å². The van der Waals surface area contributed by atoms with Crippen LogP contribution in [0.5, 0.6) is 0 Å². The van der Waals surface area contributed by atoms with Gasteiger partial charge in [0.1, 0.15) is 0 Å². The number of rotatable bonds is 3. The molecule has 0 saturated carbocycles. The molecule has 1 atom stereocenters. The van der Waals surface area contributed by atoms with Crippen molar-refractivity contribution in [1.29, 1.82) is 0 Å². The van der Waals surface area contributed by atoms with E-state index >= 15 is 0 Å². The summed E-state index contributed by atoms with van der Waals surface area (Å²) in [4.78, 5) is 11.8. The first-order chi connectivity index (χ1) is 7.66. The van der Waals surface area contributed by atoms with Crippen LogP contribution in [0.15, 0.2) is 6.07 Å². The number of nitrogens with zero attached hydrogens (tertiary/aromatic N) is 1. The Morgan fingerprint density at radius 1 is 1.69 bits per heavy atom. The number of amides is 1. The van der Waals surface area contributed by atoms with Gasteiger partial charge in [-0.1, -0.05) is 13.8 Å². The van der Waals surface area contributed by atoms with Gasteiger partial charge in [0.2, 0.25) is 5.91 Å². The second-order valence-corrected chi connectivity index (χ2v) is 5.15. The summed E-state index contributed by atoms with van der Waals surface area (Å²) in [7, 11) is 0. The number of carbonyl (C=O) groups excluding carboxylic acids is 1. The first kappa shape index (κ1) is 11.5. The maximum atomic E-state index is 11.8. The van der Waals surface area contributed by atoms with Gasteiger partial charge in [-0.2, -0.15) is 5.10 Å². The zero-order valence-corrected chi connectivity index (χ0v) is 10.2. The number of hydrogen-bond donors (Lipinski definition) is 3. The Morgan fingerprint density at radius 2 is 2.50 bits per heavy atom. The van der Waals surface area contributed by atoms with Gasteiger partial charge in [-0.25, -0.2) is 0 Å². The van der Waals surface area contributed by atoms with Gasteiger partial charge in [-0.3, -0.25) is 15.2 Å². The lowest BCUT2D eigenvalue weighted by Crippen LogP contribution is -2.37. The number of nitrogens with one attached hydrogen (secondary N) is 3. The fourth-order valence-corrected chi connectivity index (χ4v) is 2.42. The molecule has 1 aliphatic heterocycles. The largest absolute Gasteiger partial charge is 0.308 e. The van der Waals surface area contributed by atoms with Crippen LogP contribution in [0.2, 0.25) is 0 Å². The molecule has 0 aromatic carbocycles. The molecule has 16 heavy (non-hydrogen) atoms. The molecule has 1 saturated heterocycles. The summed E-state index contributed by atoms with van der Waals surface area (Å²) in [5.74, 6) is 2.65. The van der Waals surface area contributed by atoms with E-state index < -0.39 is 0 Å². The molecule has 88 valence electrons. The molecular weight excluding hydrogens is 224 g/mol. The average Bonchev–Trinajstić information content (AvgIpc) is 2.87. The predicted octanol–water partition coefficient (Wildman–Crippen LogP) is 1.13. The number of aromatic nitrogens is 2. The lowest BCUT2D eigenvalue weighted by molar-refractivity contribution is -0.117. The van der Waals surface area contributed by atoms with Crippen LogP contribution < -0.4 is 10.6 Å². The summed E-state index contributed by atoms with van der Waals surface area (Å²) < 4.78 is 0. The zero-order chi connectivity index (χ0) is 11.5. The van der Waals surface area contributed by atoms with Crippen molar-refractivity contribution in [3.05, 3.63) is 11.8 Å². The lowest BCUT2D eigenvalue weighted by Gasteiger charge is -2.07. The Labute approximate surface area is 98.8 Å². The number of anilines is 1. The van der Waals surface area contributed by atoms with E-state index in [0.717, 1.165) is 17.3 Å². The molecule has 0 spiro atoms. The van der Waals surface area contributed by atoms with Crippen LogP contribution in [0.1, 0.15) is 25.5 Å². The topological polar surface area (TPSA) is 69.8 Å². The van der Waals surface area contributed by atoms with E-state index in [9.17, 15) is 4.79 Å². The van der Waals surface area contributed by atoms with E-state index in [1.807, 2.05) is 6.07 Å². The van der Waals surface area contributed by atoms with Crippen LogP contribution in [0.3, 0.4) is 0 Å². The highest BCUT2D eigenvalue weighted by molar-refractivity contribution is 7.99. The molecule has 6 heteroatoms. The third-order valence-electron chi connectivity index (χ3n) is 2.50. The van der Waals surface area contributed by atoms with Gasteiger partial charge in [0, 0.05) is 23.4 Å². The molecule has 1 aromatic heterocycles. The van der Waals surface area contributed by atoms with Gasteiger partial charge >= 0.3 is 0 Å². The fourth-order valence-electron chi connectivity index (χ4n) is 1.47. The minimum Gasteiger partial charge on any atom is -0.308 e. The first-order valence-electron chi connectivity index (χ1n) is 5.34. The lowest BCUT2D eigenvalue weighted by atomic mass is 10.1. The zero-order valence-electron chi connectivity index (χ0n) is 9.41. The van der Waals surface area contributed by atoms with E-state index in [0.29, 0.717) is 11.7 Å². The fraction of sp³-hybridized carbons (Fsp3) is 0.600. The minimum atomic E-state index is -0.0933. The minimum absolute atomic E-state index is 0.00759. The molecule has 1 amide bonds. The summed E-state index contributed by atoms with van der Waals surface area (Å²) >= 11 is 1.73. The third-order valence-corrected chi connectivity index (χ3v) is 3.44. The Bertz CT molecular complexity index is 371. The highest BCUT2D eigenvalue weighted by atomic mass is 32.2. The van der Waals surface area contributed by atoms with Crippen molar-refractivity contribution < 1.29 is 4.79 Å². The van der Waals surface area contributed by atoms with Crippen molar-refractivity contribution in [2.24, 2.45) is 0 Å². The number of carbonyl (C=O) groups is 1. The molecule has 2 rings (SSSR count). The highest BCUT2D eigenvalue weighted by Gasteiger charge is 2.23. The molecule has 1 fully saturated rings. The highest BCUT2D eigenvalue weighted by Crippen LogP contribution is 2.16. The summed E-state index contributed by atoms with van der Waals surface area (Å²) in [6.45, 7) is 4.16. The molecule has 1 unspecified atom stereocenters. The Balaban J connectivity index is 1.95. The van der Waals surface area contributed by atoms with Gasteiger partial charge in [-0.15, -0.1) is 11.8 Å². The van der Waals surface area contributed by atoms with Crippen molar-refractivity contribution in [3.63, 3.8) is 0 Å². The summed E-state index contributed by atoms with van der Waals surface area (Å²) in [5, 5.41) is 12.9. The van der Waals surface area contributed by atoms with Crippen LogP contribution in [0.4, 0.5) is 5.82 Å². The van der Waals surface area contributed by atoms with Crippen LogP contribution in [0, 0.1) is 0 Å². The second kappa shape index (κ2) is 4.88.